The predicted molar refractivity (Wildman–Crippen MR) is 81.3 cm³/mol. The molecule has 0 unspecified atom stereocenters. The molecule has 0 radical (unpaired) electrons. The van der Waals surface area contributed by atoms with Crippen molar-refractivity contribution in [1.29, 1.82) is 5.26 Å². The van der Waals surface area contributed by atoms with Crippen LogP contribution in [0.1, 0.15) is 26.5 Å². The number of nitriles is 1. The fraction of sp³-hybridized carbons (Fsp3) is 0.267. The summed E-state index contributed by atoms with van der Waals surface area (Å²) in [6.45, 7) is 1.89. The molecule has 1 N–H and O–H groups in total. The van der Waals surface area contributed by atoms with Crippen molar-refractivity contribution >= 4 is 22.4 Å². The minimum atomic E-state index is -0.195. The molecule has 2 aromatic rings. The number of amides is 1. The number of nitrogens with zero attached hydrogens (tertiary/aromatic N) is 3. The number of nitrogens with one attached hydrogen (secondary N) is 1. The van der Waals surface area contributed by atoms with Crippen molar-refractivity contribution in [3.05, 3.63) is 46.0 Å². The summed E-state index contributed by atoms with van der Waals surface area (Å²) < 4.78 is 0. The molecule has 6 heteroatoms. The molecule has 0 atom stereocenters. The number of carbonyl (C=O) groups excluding carboxylic acids is 1. The number of thiazole rings is 1. The van der Waals surface area contributed by atoms with E-state index in [4.69, 9.17) is 5.26 Å². The van der Waals surface area contributed by atoms with Gasteiger partial charge in [0.25, 0.3) is 5.91 Å². The van der Waals surface area contributed by atoms with Crippen molar-refractivity contribution in [1.82, 2.24) is 9.88 Å². The maximum atomic E-state index is 12.2. The van der Waals surface area contributed by atoms with Crippen molar-refractivity contribution in [2.45, 2.75) is 13.0 Å². The Morgan fingerprint density at radius 1 is 1.43 bits per heavy atom. The van der Waals surface area contributed by atoms with E-state index in [1.165, 1.54) is 16.2 Å². The molecule has 2 heterocycles. The molecule has 1 aromatic heterocycles. The van der Waals surface area contributed by atoms with Gasteiger partial charge in [0.1, 0.15) is 0 Å². The highest BCUT2D eigenvalue weighted by atomic mass is 32.1. The van der Waals surface area contributed by atoms with Gasteiger partial charge in [0.2, 0.25) is 0 Å². The first-order chi connectivity index (χ1) is 10.2. The van der Waals surface area contributed by atoms with Gasteiger partial charge in [-0.2, -0.15) is 5.26 Å². The van der Waals surface area contributed by atoms with Gasteiger partial charge in [-0.05, 0) is 31.3 Å². The zero-order valence-corrected chi connectivity index (χ0v) is 12.4. The van der Waals surface area contributed by atoms with Crippen molar-refractivity contribution in [3.8, 4) is 6.07 Å². The van der Waals surface area contributed by atoms with E-state index in [1.54, 1.807) is 24.3 Å². The molecule has 5 nitrogen and oxygen atoms in total. The smallest absolute Gasteiger partial charge is 0.257 e. The lowest BCUT2D eigenvalue weighted by Gasteiger charge is -2.20. The highest BCUT2D eigenvalue weighted by Crippen LogP contribution is 2.27. The van der Waals surface area contributed by atoms with E-state index in [2.05, 4.69) is 22.2 Å². The summed E-state index contributed by atoms with van der Waals surface area (Å²) in [5, 5.41) is 12.2. The van der Waals surface area contributed by atoms with E-state index in [9.17, 15) is 4.79 Å². The molecular formula is C15H14N4OS. The summed E-state index contributed by atoms with van der Waals surface area (Å²) in [5.74, 6) is -0.195. The standard InChI is InChI=1S/C15H14N4OS/c1-19-7-6-12-13(9-19)21-15(17-12)18-14(20)11-4-2-10(8-16)3-5-11/h2-5H,6-7,9H2,1H3,(H,17,18,20). The normalized spacial score (nSPS) is 14.3. The second-order valence-electron chi connectivity index (χ2n) is 5.02. The van der Waals surface area contributed by atoms with Gasteiger partial charge in [0.05, 0.1) is 17.3 Å². The summed E-state index contributed by atoms with van der Waals surface area (Å²) in [5.41, 5.74) is 2.16. The maximum absolute atomic E-state index is 12.2. The molecule has 1 amide bonds. The first-order valence-electron chi connectivity index (χ1n) is 6.64. The van der Waals surface area contributed by atoms with Gasteiger partial charge in [-0.3, -0.25) is 10.1 Å². The van der Waals surface area contributed by atoms with Crippen LogP contribution in [0.5, 0.6) is 0 Å². The highest BCUT2D eigenvalue weighted by Gasteiger charge is 2.19. The molecule has 1 aliphatic heterocycles. The lowest BCUT2D eigenvalue weighted by molar-refractivity contribution is 0.102. The summed E-state index contributed by atoms with van der Waals surface area (Å²) in [6, 6.07) is 8.60. The van der Waals surface area contributed by atoms with E-state index in [0.717, 1.165) is 25.2 Å². The van der Waals surface area contributed by atoms with Crippen molar-refractivity contribution in [2.24, 2.45) is 0 Å². The van der Waals surface area contributed by atoms with Crippen molar-refractivity contribution < 1.29 is 4.79 Å². The van der Waals surface area contributed by atoms with E-state index in [1.807, 2.05) is 6.07 Å². The molecule has 3 rings (SSSR count). The first-order valence-corrected chi connectivity index (χ1v) is 7.46. The molecule has 0 aliphatic carbocycles. The van der Waals surface area contributed by atoms with Gasteiger partial charge in [0, 0.05) is 30.0 Å². The van der Waals surface area contributed by atoms with Gasteiger partial charge in [-0.1, -0.05) is 0 Å². The Labute approximate surface area is 126 Å². The minimum absolute atomic E-state index is 0.195. The average molecular weight is 298 g/mol. The Bertz CT molecular complexity index is 714. The molecule has 0 saturated carbocycles. The lowest BCUT2D eigenvalue weighted by atomic mass is 10.1. The van der Waals surface area contributed by atoms with E-state index in [0.29, 0.717) is 16.3 Å². The number of likely N-dealkylation sites (N-methyl/N-ethyl adjacent to an activating group) is 1. The molecule has 0 saturated heterocycles. The number of anilines is 1. The SMILES string of the molecule is CN1CCc2nc(NC(=O)c3ccc(C#N)cc3)sc2C1. The molecule has 0 bridgehead atoms. The third-order valence-corrected chi connectivity index (χ3v) is 4.42. The molecule has 1 aromatic carbocycles. The van der Waals surface area contributed by atoms with Crippen LogP contribution in [-0.4, -0.2) is 29.4 Å². The summed E-state index contributed by atoms with van der Waals surface area (Å²) in [4.78, 5) is 20.1. The molecule has 106 valence electrons. The van der Waals surface area contributed by atoms with Gasteiger partial charge < -0.3 is 4.90 Å². The number of aromatic nitrogens is 1. The predicted octanol–water partition coefficient (Wildman–Crippen LogP) is 2.25. The minimum Gasteiger partial charge on any atom is -0.301 e. The number of fused-ring (bicyclic) bond motifs is 1. The fourth-order valence-corrected chi connectivity index (χ4v) is 3.33. The van der Waals surface area contributed by atoms with Crippen molar-refractivity contribution in [2.75, 3.05) is 18.9 Å². The van der Waals surface area contributed by atoms with Crippen LogP contribution in [0.2, 0.25) is 0 Å². The quantitative estimate of drug-likeness (QED) is 0.923. The van der Waals surface area contributed by atoms with Crippen LogP contribution in [0.4, 0.5) is 5.13 Å². The van der Waals surface area contributed by atoms with Gasteiger partial charge in [0.15, 0.2) is 5.13 Å². The Kier molecular flexibility index (Phi) is 3.69. The first kappa shape index (κ1) is 13.7. The number of hydrogen-bond donors (Lipinski definition) is 1. The largest absolute Gasteiger partial charge is 0.301 e. The lowest BCUT2D eigenvalue weighted by Crippen LogP contribution is -2.25. The third kappa shape index (κ3) is 2.94. The van der Waals surface area contributed by atoms with Gasteiger partial charge >= 0.3 is 0 Å². The van der Waals surface area contributed by atoms with E-state index < -0.39 is 0 Å². The molecule has 1 aliphatic rings. The van der Waals surface area contributed by atoms with Crippen LogP contribution in [0, 0.1) is 11.3 Å². The van der Waals surface area contributed by atoms with Crippen LogP contribution >= 0.6 is 11.3 Å². The summed E-state index contributed by atoms with van der Waals surface area (Å²) in [7, 11) is 2.08. The van der Waals surface area contributed by atoms with Crippen LogP contribution in [-0.2, 0) is 13.0 Å². The second kappa shape index (κ2) is 5.64. The number of carbonyl (C=O) groups is 1. The van der Waals surface area contributed by atoms with Gasteiger partial charge in [-0.15, -0.1) is 11.3 Å². The molecule has 21 heavy (non-hydrogen) atoms. The number of benzene rings is 1. The van der Waals surface area contributed by atoms with Crippen LogP contribution < -0.4 is 5.32 Å². The van der Waals surface area contributed by atoms with Crippen molar-refractivity contribution in [3.63, 3.8) is 0 Å². The molecular weight excluding hydrogens is 284 g/mol. The number of hydrogen-bond acceptors (Lipinski definition) is 5. The van der Waals surface area contributed by atoms with Gasteiger partial charge in [-0.25, -0.2) is 4.98 Å². The Balaban J connectivity index is 1.74. The Morgan fingerprint density at radius 2 is 2.19 bits per heavy atom. The monoisotopic (exact) mass is 298 g/mol. The zero-order valence-electron chi connectivity index (χ0n) is 11.6. The Morgan fingerprint density at radius 3 is 2.90 bits per heavy atom. The Hall–Kier alpha value is -2.23. The van der Waals surface area contributed by atoms with E-state index in [-0.39, 0.29) is 5.91 Å². The second-order valence-corrected chi connectivity index (χ2v) is 6.10. The summed E-state index contributed by atoms with van der Waals surface area (Å²) in [6.07, 6.45) is 0.926. The average Bonchev–Trinajstić information content (AvgIpc) is 2.88. The highest BCUT2D eigenvalue weighted by molar-refractivity contribution is 7.15. The number of rotatable bonds is 2. The third-order valence-electron chi connectivity index (χ3n) is 3.42. The van der Waals surface area contributed by atoms with Crippen LogP contribution in [0.3, 0.4) is 0 Å². The molecule has 0 fully saturated rings. The fourth-order valence-electron chi connectivity index (χ4n) is 2.24. The van der Waals surface area contributed by atoms with E-state index >= 15 is 0 Å². The maximum Gasteiger partial charge on any atom is 0.257 e. The zero-order chi connectivity index (χ0) is 14.8. The van der Waals surface area contributed by atoms with Crippen LogP contribution in [0.25, 0.3) is 0 Å². The topological polar surface area (TPSA) is 69.0 Å². The summed E-state index contributed by atoms with van der Waals surface area (Å²) >= 11 is 1.53. The van der Waals surface area contributed by atoms with Crippen LogP contribution in [0.15, 0.2) is 24.3 Å². The molecule has 0 spiro atoms.